The van der Waals surface area contributed by atoms with Crippen LogP contribution < -0.4 is 5.32 Å². The molecule has 3 atom stereocenters. The van der Waals surface area contributed by atoms with E-state index in [-0.39, 0.29) is 23.1 Å². The van der Waals surface area contributed by atoms with Crippen LogP contribution in [0.4, 0.5) is 0 Å². The molecule has 1 aliphatic rings. The van der Waals surface area contributed by atoms with Crippen LogP contribution in [0.5, 0.6) is 0 Å². The van der Waals surface area contributed by atoms with Gasteiger partial charge in [-0.15, -0.1) is 11.8 Å². The van der Waals surface area contributed by atoms with Crippen molar-refractivity contribution in [1.82, 2.24) is 5.32 Å². The third-order valence-corrected chi connectivity index (χ3v) is 5.16. The minimum atomic E-state index is -0.518. The van der Waals surface area contributed by atoms with Crippen LogP contribution in [0.25, 0.3) is 0 Å². The zero-order valence-corrected chi connectivity index (χ0v) is 13.1. The lowest BCUT2D eigenvalue weighted by Gasteiger charge is -2.24. The zero-order chi connectivity index (χ0) is 14.7. The molecule has 0 spiro atoms. The van der Waals surface area contributed by atoms with Gasteiger partial charge in [-0.05, 0) is 22.8 Å². The molecule has 0 unspecified atom stereocenters. The molecule has 0 radical (unpaired) electrons. The average molecular weight is 293 g/mol. The first-order valence-corrected chi connectivity index (χ1v) is 8.27. The zero-order valence-electron chi connectivity index (χ0n) is 12.3. The Morgan fingerprint density at radius 2 is 2.15 bits per heavy atom. The minimum absolute atomic E-state index is 0.0348. The molecule has 0 saturated carbocycles. The van der Waals surface area contributed by atoms with Crippen LogP contribution in [0.1, 0.15) is 37.9 Å². The van der Waals surface area contributed by atoms with Gasteiger partial charge in [-0.2, -0.15) is 0 Å². The van der Waals surface area contributed by atoms with Crippen LogP contribution >= 0.6 is 11.8 Å². The third kappa shape index (κ3) is 3.18. The number of aliphatic hydroxyl groups is 1. The predicted molar refractivity (Wildman–Crippen MR) is 83.8 cm³/mol. The number of carbonyl (C=O) groups is 1. The summed E-state index contributed by atoms with van der Waals surface area (Å²) in [6, 6.07) is 7.67. The number of rotatable bonds is 5. The molecule has 3 nitrogen and oxygen atoms in total. The van der Waals surface area contributed by atoms with E-state index in [4.69, 9.17) is 0 Å². The van der Waals surface area contributed by atoms with Crippen molar-refractivity contribution in [2.75, 3.05) is 5.75 Å². The highest BCUT2D eigenvalue weighted by Gasteiger charge is 2.34. The molecule has 2 N–H and O–H groups in total. The fraction of sp³-hybridized carbons (Fsp3) is 0.562. The Kier molecular flexibility index (Phi) is 5.11. The molecule has 0 heterocycles. The Hall–Kier alpha value is -1.00. The maximum atomic E-state index is 12.4. The Bertz CT molecular complexity index is 475. The summed E-state index contributed by atoms with van der Waals surface area (Å²) in [5.41, 5.74) is 2.19. The molecule has 0 aromatic heterocycles. The van der Waals surface area contributed by atoms with Crippen molar-refractivity contribution in [3.8, 4) is 0 Å². The molecular weight excluding hydrogens is 270 g/mol. The van der Waals surface area contributed by atoms with Crippen LogP contribution in [-0.4, -0.2) is 28.1 Å². The lowest BCUT2D eigenvalue weighted by molar-refractivity contribution is -0.122. The number of fused-ring (bicyclic) bond motifs is 1. The maximum absolute atomic E-state index is 12.4. The summed E-state index contributed by atoms with van der Waals surface area (Å²) < 4.78 is 0. The highest BCUT2D eigenvalue weighted by atomic mass is 32.2. The second-order valence-electron chi connectivity index (χ2n) is 5.58. The van der Waals surface area contributed by atoms with Crippen molar-refractivity contribution < 1.29 is 9.90 Å². The number of carbonyl (C=O) groups excluding carboxylic acids is 1. The second-order valence-corrected chi connectivity index (χ2v) is 7.00. The molecule has 4 heteroatoms. The quantitative estimate of drug-likeness (QED) is 0.877. The standard InChI is InChI=1S/C16H23NO2S/c1-4-20-15(10(2)3)16(19)17-14-12-8-6-5-7-11(12)9-13(14)18/h5-8,10,13-15,18H,4,9H2,1-3H3,(H,17,19)/t13-,14-,15-/m0/s1. The van der Waals surface area contributed by atoms with Gasteiger partial charge < -0.3 is 10.4 Å². The van der Waals surface area contributed by atoms with E-state index in [0.717, 1.165) is 16.9 Å². The van der Waals surface area contributed by atoms with Crippen LogP contribution in [0.15, 0.2) is 24.3 Å². The van der Waals surface area contributed by atoms with E-state index in [1.165, 1.54) is 0 Å². The summed E-state index contributed by atoms with van der Waals surface area (Å²) in [5.74, 6) is 1.24. The second kappa shape index (κ2) is 6.64. The van der Waals surface area contributed by atoms with Gasteiger partial charge in [-0.1, -0.05) is 45.0 Å². The number of nitrogens with one attached hydrogen (secondary N) is 1. The summed E-state index contributed by atoms with van der Waals surface area (Å²) in [7, 11) is 0. The van der Waals surface area contributed by atoms with E-state index in [9.17, 15) is 9.90 Å². The summed E-state index contributed by atoms with van der Waals surface area (Å²) in [4.78, 5) is 12.4. The number of amides is 1. The maximum Gasteiger partial charge on any atom is 0.233 e. The van der Waals surface area contributed by atoms with Crippen LogP contribution in [0.3, 0.4) is 0 Å². The molecule has 2 rings (SSSR count). The van der Waals surface area contributed by atoms with Gasteiger partial charge in [0.15, 0.2) is 0 Å². The van der Waals surface area contributed by atoms with E-state index < -0.39 is 6.10 Å². The molecule has 20 heavy (non-hydrogen) atoms. The molecule has 0 bridgehead atoms. The first-order chi connectivity index (χ1) is 9.54. The number of hydrogen-bond acceptors (Lipinski definition) is 3. The lowest BCUT2D eigenvalue weighted by atomic mass is 10.1. The normalized spacial score (nSPS) is 22.6. The van der Waals surface area contributed by atoms with Gasteiger partial charge in [0.1, 0.15) is 0 Å². The SMILES string of the molecule is CCS[C@H](C(=O)N[C@H]1c2ccccc2C[C@@H]1O)C(C)C. The fourth-order valence-electron chi connectivity index (χ4n) is 2.73. The smallest absolute Gasteiger partial charge is 0.233 e. The summed E-state index contributed by atoms with van der Waals surface area (Å²) in [5, 5.41) is 13.2. The van der Waals surface area contributed by atoms with Crippen LogP contribution in [0.2, 0.25) is 0 Å². The van der Waals surface area contributed by atoms with Gasteiger partial charge in [0.05, 0.1) is 17.4 Å². The molecule has 0 fully saturated rings. The molecule has 1 aromatic carbocycles. The highest BCUT2D eigenvalue weighted by Crippen LogP contribution is 2.32. The van der Waals surface area contributed by atoms with Gasteiger partial charge in [-0.3, -0.25) is 4.79 Å². The van der Waals surface area contributed by atoms with E-state index in [2.05, 4.69) is 26.1 Å². The first kappa shape index (κ1) is 15.4. The molecule has 110 valence electrons. The van der Waals surface area contributed by atoms with Crippen molar-refractivity contribution >= 4 is 17.7 Å². The van der Waals surface area contributed by atoms with Gasteiger partial charge in [0, 0.05) is 6.42 Å². The molecule has 1 amide bonds. The molecule has 1 aromatic rings. The van der Waals surface area contributed by atoms with E-state index >= 15 is 0 Å². The Labute approximate surface area is 125 Å². The predicted octanol–water partition coefficient (Wildman–Crippen LogP) is 2.54. The summed E-state index contributed by atoms with van der Waals surface area (Å²) >= 11 is 1.66. The van der Waals surface area contributed by atoms with Crippen molar-refractivity contribution in [3.05, 3.63) is 35.4 Å². The van der Waals surface area contributed by atoms with Crippen molar-refractivity contribution in [3.63, 3.8) is 0 Å². The third-order valence-electron chi connectivity index (χ3n) is 3.71. The number of benzene rings is 1. The largest absolute Gasteiger partial charge is 0.390 e. The monoisotopic (exact) mass is 293 g/mol. The molecule has 0 aliphatic heterocycles. The molecule has 1 aliphatic carbocycles. The van der Waals surface area contributed by atoms with Crippen molar-refractivity contribution in [2.45, 2.75) is 44.6 Å². The highest BCUT2D eigenvalue weighted by molar-refractivity contribution is 8.00. The van der Waals surface area contributed by atoms with E-state index in [1.54, 1.807) is 11.8 Å². The van der Waals surface area contributed by atoms with Gasteiger partial charge in [-0.25, -0.2) is 0 Å². The van der Waals surface area contributed by atoms with Crippen molar-refractivity contribution in [2.24, 2.45) is 5.92 Å². The lowest BCUT2D eigenvalue weighted by Crippen LogP contribution is -2.41. The number of hydrogen-bond donors (Lipinski definition) is 2. The number of thioether (sulfide) groups is 1. The van der Waals surface area contributed by atoms with Crippen LogP contribution in [-0.2, 0) is 11.2 Å². The van der Waals surface area contributed by atoms with E-state index in [0.29, 0.717) is 6.42 Å². The fourth-order valence-corrected chi connectivity index (χ4v) is 3.70. The minimum Gasteiger partial charge on any atom is -0.390 e. The molecule has 0 saturated heterocycles. The summed E-state index contributed by atoms with van der Waals surface area (Å²) in [6.45, 7) is 6.19. The number of aliphatic hydroxyl groups excluding tert-OH is 1. The van der Waals surface area contributed by atoms with Crippen molar-refractivity contribution in [1.29, 1.82) is 0 Å². The van der Waals surface area contributed by atoms with E-state index in [1.807, 2.05) is 24.3 Å². The average Bonchev–Trinajstić information content (AvgIpc) is 2.72. The first-order valence-electron chi connectivity index (χ1n) is 7.22. The van der Waals surface area contributed by atoms with Gasteiger partial charge >= 0.3 is 0 Å². The van der Waals surface area contributed by atoms with Crippen LogP contribution in [0, 0.1) is 5.92 Å². The topological polar surface area (TPSA) is 49.3 Å². The van der Waals surface area contributed by atoms with Gasteiger partial charge in [0.25, 0.3) is 0 Å². The Morgan fingerprint density at radius 1 is 1.45 bits per heavy atom. The Balaban J connectivity index is 2.11. The molecular formula is C16H23NO2S. The Morgan fingerprint density at radius 3 is 2.80 bits per heavy atom. The van der Waals surface area contributed by atoms with Gasteiger partial charge in [0.2, 0.25) is 5.91 Å². The summed E-state index contributed by atoms with van der Waals surface area (Å²) in [6.07, 6.45) is 0.102.